The highest BCUT2D eigenvalue weighted by molar-refractivity contribution is 6.30. The topological polar surface area (TPSA) is 88.7 Å². The van der Waals surface area contributed by atoms with Gasteiger partial charge in [0.25, 0.3) is 11.8 Å². The molecular weight excluding hydrogens is 401 g/mol. The minimum atomic E-state index is -0.591. The molecule has 7 nitrogen and oxygen atoms in total. The third-order valence-corrected chi connectivity index (χ3v) is 6.42. The summed E-state index contributed by atoms with van der Waals surface area (Å²) in [6, 6.07) is 4.09. The van der Waals surface area contributed by atoms with Crippen molar-refractivity contribution in [2.75, 3.05) is 13.2 Å². The summed E-state index contributed by atoms with van der Waals surface area (Å²) in [5.41, 5.74) is 0. The van der Waals surface area contributed by atoms with Gasteiger partial charge < -0.3 is 20.1 Å². The first kappa shape index (κ1) is 20.4. The van der Waals surface area contributed by atoms with E-state index < -0.39 is 11.9 Å². The first-order valence-electron chi connectivity index (χ1n) is 9.97. The van der Waals surface area contributed by atoms with Crippen LogP contribution in [0.25, 0.3) is 0 Å². The number of hydrogen-bond acceptors (Lipinski definition) is 5. The number of fused-ring (bicyclic) bond motifs is 1. The minimum Gasteiger partial charge on any atom is -0.484 e. The predicted molar refractivity (Wildman–Crippen MR) is 104 cm³/mol. The van der Waals surface area contributed by atoms with E-state index >= 15 is 0 Å². The molecule has 1 aliphatic heterocycles. The molecule has 2 amide bonds. The molecule has 6 atom stereocenters. The van der Waals surface area contributed by atoms with E-state index in [4.69, 9.17) is 21.1 Å². The molecule has 2 aliphatic carbocycles. The SMILES string of the molecule is CC1NCC(C(=O)NC2C[C@H](NC(=O)COc3ccc(Cl)c(F)c3)C3CCC23)O1. The molecule has 3 fully saturated rings. The molecule has 158 valence electrons. The lowest BCUT2D eigenvalue weighted by Gasteiger charge is -2.36. The highest BCUT2D eigenvalue weighted by Gasteiger charge is 2.50. The molecule has 3 aliphatic rings. The fraction of sp³-hybridized carbons (Fsp3) is 0.600. The summed E-state index contributed by atoms with van der Waals surface area (Å²) in [6.45, 7) is 2.18. The lowest BCUT2D eigenvalue weighted by Crippen LogP contribution is -2.46. The van der Waals surface area contributed by atoms with Gasteiger partial charge in [0.15, 0.2) is 12.7 Å². The van der Waals surface area contributed by atoms with Gasteiger partial charge in [-0.2, -0.15) is 0 Å². The van der Waals surface area contributed by atoms with Crippen LogP contribution in [0.5, 0.6) is 5.75 Å². The van der Waals surface area contributed by atoms with Crippen LogP contribution in [0.15, 0.2) is 18.2 Å². The smallest absolute Gasteiger partial charge is 0.258 e. The summed E-state index contributed by atoms with van der Waals surface area (Å²) in [5.74, 6) is 0.0328. The maximum absolute atomic E-state index is 13.5. The van der Waals surface area contributed by atoms with Crippen LogP contribution < -0.4 is 20.7 Å². The number of nitrogens with one attached hydrogen (secondary N) is 3. The number of rotatable bonds is 6. The molecule has 5 unspecified atom stereocenters. The maximum Gasteiger partial charge on any atom is 0.258 e. The quantitative estimate of drug-likeness (QED) is 0.644. The molecular formula is C20H25ClFN3O4. The first-order chi connectivity index (χ1) is 13.9. The zero-order valence-corrected chi connectivity index (χ0v) is 16.9. The molecule has 0 radical (unpaired) electrons. The zero-order valence-electron chi connectivity index (χ0n) is 16.1. The van der Waals surface area contributed by atoms with Crippen molar-refractivity contribution in [2.24, 2.45) is 11.8 Å². The summed E-state index contributed by atoms with van der Waals surface area (Å²) >= 11 is 5.64. The number of hydrogen-bond donors (Lipinski definition) is 3. The minimum absolute atomic E-state index is 0.00125. The molecule has 1 saturated heterocycles. The van der Waals surface area contributed by atoms with E-state index in [9.17, 15) is 14.0 Å². The molecule has 3 N–H and O–H groups in total. The Morgan fingerprint density at radius 3 is 2.62 bits per heavy atom. The Kier molecular flexibility index (Phi) is 5.94. The van der Waals surface area contributed by atoms with Crippen LogP contribution in [0.2, 0.25) is 5.02 Å². The van der Waals surface area contributed by atoms with Gasteiger partial charge in [-0.3, -0.25) is 14.9 Å². The molecule has 0 aromatic heterocycles. The second-order valence-corrected chi connectivity index (χ2v) is 8.38. The normalized spacial score (nSPS) is 32.9. The molecule has 0 bridgehead atoms. The Labute approximate surface area is 173 Å². The summed E-state index contributed by atoms with van der Waals surface area (Å²) in [6.07, 6.45) is 2.18. The third kappa shape index (κ3) is 4.49. The fourth-order valence-electron chi connectivity index (χ4n) is 4.52. The zero-order chi connectivity index (χ0) is 20.5. The highest BCUT2D eigenvalue weighted by Crippen LogP contribution is 2.47. The van der Waals surface area contributed by atoms with E-state index in [-0.39, 0.29) is 47.5 Å². The second kappa shape index (κ2) is 8.45. The van der Waals surface area contributed by atoms with Crippen molar-refractivity contribution in [1.82, 2.24) is 16.0 Å². The van der Waals surface area contributed by atoms with Crippen LogP contribution >= 0.6 is 11.6 Å². The molecule has 4 rings (SSSR count). The van der Waals surface area contributed by atoms with Gasteiger partial charge in [-0.05, 0) is 50.2 Å². The Morgan fingerprint density at radius 2 is 2.00 bits per heavy atom. The average molecular weight is 426 g/mol. The van der Waals surface area contributed by atoms with Crippen LogP contribution in [0.3, 0.4) is 0 Å². The number of carbonyl (C=O) groups excluding carboxylic acids is 2. The van der Waals surface area contributed by atoms with Crippen LogP contribution in [-0.2, 0) is 14.3 Å². The van der Waals surface area contributed by atoms with Gasteiger partial charge in [0.1, 0.15) is 17.8 Å². The molecule has 29 heavy (non-hydrogen) atoms. The van der Waals surface area contributed by atoms with Crippen LogP contribution in [0, 0.1) is 17.7 Å². The van der Waals surface area contributed by atoms with Crippen LogP contribution in [-0.4, -0.2) is 49.4 Å². The monoisotopic (exact) mass is 425 g/mol. The lowest BCUT2D eigenvalue weighted by atomic mass is 9.73. The molecule has 1 heterocycles. The number of amides is 2. The van der Waals surface area contributed by atoms with E-state index in [1.165, 1.54) is 12.1 Å². The van der Waals surface area contributed by atoms with Crippen molar-refractivity contribution < 1.29 is 23.5 Å². The van der Waals surface area contributed by atoms with Gasteiger partial charge in [-0.25, -0.2) is 4.39 Å². The number of ether oxygens (including phenoxy) is 2. The summed E-state index contributed by atoms with van der Waals surface area (Å²) in [7, 11) is 0. The summed E-state index contributed by atoms with van der Waals surface area (Å²) in [5, 5.41) is 9.21. The third-order valence-electron chi connectivity index (χ3n) is 6.11. The van der Waals surface area contributed by atoms with Crippen molar-refractivity contribution in [3.8, 4) is 5.75 Å². The van der Waals surface area contributed by atoms with Gasteiger partial charge in [-0.1, -0.05) is 11.6 Å². The summed E-state index contributed by atoms with van der Waals surface area (Å²) < 4.78 is 24.4. The Balaban J connectivity index is 1.26. The van der Waals surface area contributed by atoms with Gasteiger partial charge in [0.05, 0.1) is 5.02 Å². The molecule has 1 aromatic carbocycles. The molecule has 1 aromatic rings. The van der Waals surface area contributed by atoms with E-state index in [1.54, 1.807) is 0 Å². The van der Waals surface area contributed by atoms with E-state index in [0.29, 0.717) is 24.8 Å². The standard InChI is InChI=1S/C20H25ClFN3O4/c1-10-23-8-18(29-10)20(27)25-17-7-16(12-3-4-13(12)17)24-19(26)9-28-11-2-5-14(21)15(22)6-11/h2,5-6,10,12-13,16-18,23H,3-4,7-9H2,1H3,(H,24,26)(H,25,27)/t10?,12?,13?,16-,17?,18?/m0/s1. The van der Waals surface area contributed by atoms with Crippen LogP contribution in [0.1, 0.15) is 26.2 Å². The molecule has 0 spiro atoms. The van der Waals surface area contributed by atoms with Gasteiger partial charge >= 0.3 is 0 Å². The van der Waals surface area contributed by atoms with E-state index in [2.05, 4.69) is 16.0 Å². The predicted octanol–water partition coefficient (Wildman–Crippen LogP) is 1.59. The lowest BCUT2D eigenvalue weighted by molar-refractivity contribution is -0.132. The summed E-state index contributed by atoms with van der Waals surface area (Å²) in [4.78, 5) is 24.7. The van der Waals surface area contributed by atoms with E-state index in [0.717, 1.165) is 18.9 Å². The average Bonchev–Trinajstić information content (AvgIpc) is 3.16. The van der Waals surface area contributed by atoms with Crippen molar-refractivity contribution in [1.29, 1.82) is 0 Å². The van der Waals surface area contributed by atoms with Crippen molar-refractivity contribution in [2.45, 2.75) is 50.6 Å². The molecule has 9 heteroatoms. The van der Waals surface area contributed by atoms with Crippen molar-refractivity contribution in [3.63, 3.8) is 0 Å². The first-order valence-corrected chi connectivity index (χ1v) is 10.3. The van der Waals surface area contributed by atoms with Crippen molar-refractivity contribution in [3.05, 3.63) is 29.0 Å². The Hall–Kier alpha value is -1.90. The largest absolute Gasteiger partial charge is 0.484 e. The Bertz CT molecular complexity index is 795. The fourth-order valence-corrected chi connectivity index (χ4v) is 4.63. The molecule has 2 saturated carbocycles. The second-order valence-electron chi connectivity index (χ2n) is 7.97. The van der Waals surface area contributed by atoms with Gasteiger partial charge in [0.2, 0.25) is 0 Å². The van der Waals surface area contributed by atoms with Crippen LogP contribution in [0.4, 0.5) is 4.39 Å². The number of benzene rings is 1. The Morgan fingerprint density at radius 1 is 1.28 bits per heavy atom. The van der Waals surface area contributed by atoms with Crippen molar-refractivity contribution >= 4 is 23.4 Å². The maximum atomic E-state index is 13.5. The highest BCUT2D eigenvalue weighted by atomic mass is 35.5. The van der Waals surface area contributed by atoms with Gasteiger partial charge in [0, 0.05) is 24.7 Å². The number of halogens is 2. The van der Waals surface area contributed by atoms with Gasteiger partial charge in [-0.15, -0.1) is 0 Å². The number of carbonyl (C=O) groups is 2. The van der Waals surface area contributed by atoms with E-state index in [1.807, 2.05) is 6.92 Å².